The van der Waals surface area contributed by atoms with Gasteiger partial charge in [0.25, 0.3) is 0 Å². The predicted octanol–water partition coefficient (Wildman–Crippen LogP) is 1.76. The van der Waals surface area contributed by atoms with E-state index >= 15 is 0 Å². The van der Waals surface area contributed by atoms with Gasteiger partial charge in [-0.15, -0.1) is 0 Å². The summed E-state index contributed by atoms with van der Waals surface area (Å²) in [5.41, 5.74) is 1.49. The Balaban J connectivity index is 1.83. The molecular formula is C13H12ClN5O2. The first-order valence-electron chi connectivity index (χ1n) is 6.31. The number of aryl methyl sites for hydroxylation is 1. The molecule has 1 aliphatic heterocycles. The van der Waals surface area contributed by atoms with Gasteiger partial charge in [-0.3, -0.25) is 14.9 Å². The zero-order chi connectivity index (χ0) is 15.0. The number of aromatic nitrogens is 3. The summed E-state index contributed by atoms with van der Waals surface area (Å²) < 4.78 is 1.40. The van der Waals surface area contributed by atoms with E-state index < -0.39 is 6.04 Å². The third-order valence-electron chi connectivity index (χ3n) is 3.24. The van der Waals surface area contributed by atoms with E-state index in [0.717, 1.165) is 5.56 Å². The number of fused-ring (bicyclic) bond motifs is 1. The minimum absolute atomic E-state index is 0.0157. The van der Waals surface area contributed by atoms with Gasteiger partial charge in [0.1, 0.15) is 12.4 Å². The predicted molar refractivity (Wildman–Crippen MR) is 77.1 cm³/mol. The Hall–Kier alpha value is -2.41. The highest BCUT2D eigenvalue weighted by molar-refractivity contribution is 6.31. The van der Waals surface area contributed by atoms with E-state index in [1.165, 1.54) is 11.0 Å². The molecule has 8 heteroatoms. The number of rotatable bonds is 2. The van der Waals surface area contributed by atoms with Crippen LogP contribution in [0, 0.1) is 6.92 Å². The second kappa shape index (κ2) is 5.17. The minimum Gasteiger partial charge on any atom is -0.324 e. The monoisotopic (exact) mass is 305 g/mol. The molecule has 2 amide bonds. The number of nitrogens with one attached hydrogen (secondary N) is 2. The molecular weight excluding hydrogens is 294 g/mol. The van der Waals surface area contributed by atoms with Gasteiger partial charge in [0.05, 0.1) is 6.42 Å². The average molecular weight is 306 g/mol. The summed E-state index contributed by atoms with van der Waals surface area (Å²) in [5, 5.41) is 9.83. The molecule has 0 saturated carbocycles. The Bertz CT molecular complexity index is 727. The van der Waals surface area contributed by atoms with Crippen molar-refractivity contribution in [2.45, 2.75) is 19.4 Å². The zero-order valence-electron chi connectivity index (χ0n) is 11.1. The molecule has 0 aliphatic carbocycles. The van der Waals surface area contributed by atoms with Crippen molar-refractivity contribution in [1.82, 2.24) is 14.8 Å². The number of nitrogens with zero attached hydrogens (tertiary/aromatic N) is 3. The highest BCUT2D eigenvalue weighted by Gasteiger charge is 2.31. The molecule has 0 unspecified atom stereocenters. The number of benzene rings is 1. The molecule has 7 nitrogen and oxygen atoms in total. The van der Waals surface area contributed by atoms with Crippen molar-refractivity contribution in [3.63, 3.8) is 0 Å². The number of hydrogen-bond acceptors (Lipinski definition) is 4. The fourth-order valence-corrected chi connectivity index (χ4v) is 2.29. The highest BCUT2D eigenvalue weighted by Crippen LogP contribution is 2.24. The average Bonchev–Trinajstić information content (AvgIpc) is 2.90. The summed E-state index contributed by atoms with van der Waals surface area (Å²) >= 11 is 6.03. The van der Waals surface area contributed by atoms with Gasteiger partial charge in [0, 0.05) is 10.7 Å². The summed E-state index contributed by atoms with van der Waals surface area (Å²) in [6, 6.07) is 4.51. The van der Waals surface area contributed by atoms with Crippen molar-refractivity contribution >= 4 is 35.1 Å². The van der Waals surface area contributed by atoms with Crippen LogP contribution in [0.2, 0.25) is 5.02 Å². The molecule has 1 aromatic heterocycles. The van der Waals surface area contributed by atoms with Gasteiger partial charge in [0.15, 0.2) is 0 Å². The van der Waals surface area contributed by atoms with Gasteiger partial charge in [0.2, 0.25) is 17.8 Å². The SMILES string of the molecule is Cc1ccc(NC(=O)[C@@H]2CC(=O)Nc3ncnn32)cc1Cl. The Morgan fingerprint density at radius 3 is 3.10 bits per heavy atom. The van der Waals surface area contributed by atoms with Crippen molar-refractivity contribution in [2.24, 2.45) is 0 Å². The molecule has 1 aliphatic rings. The first-order valence-corrected chi connectivity index (χ1v) is 6.69. The lowest BCUT2D eigenvalue weighted by Crippen LogP contribution is -2.36. The van der Waals surface area contributed by atoms with Crippen LogP contribution in [0.4, 0.5) is 11.6 Å². The van der Waals surface area contributed by atoms with Gasteiger partial charge in [-0.2, -0.15) is 10.1 Å². The van der Waals surface area contributed by atoms with E-state index in [0.29, 0.717) is 10.7 Å². The van der Waals surface area contributed by atoms with Gasteiger partial charge < -0.3 is 5.32 Å². The van der Waals surface area contributed by atoms with Gasteiger partial charge in [-0.05, 0) is 24.6 Å². The summed E-state index contributed by atoms with van der Waals surface area (Å²) in [6.45, 7) is 1.88. The van der Waals surface area contributed by atoms with Crippen molar-refractivity contribution in [3.8, 4) is 0 Å². The van der Waals surface area contributed by atoms with Crippen LogP contribution in [0.15, 0.2) is 24.5 Å². The molecule has 0 bridgehead atoms. The normalized spacial score (nSPS) is 17.0. The molecule has 1 atom stereocenters. The second-order valence-corrected chi connectivity index (χ2v) is 5.16. The first-order chi connectivity index (χ1) is 10.0. The van der Waals surface area contributed by atoms with Crippen LogP contribution in [-0.4, -0.2) is 26.6 Å². The van der Waals surface area contributed by atoms with Crippen LogP contribution >= 0.6 is 11.6 Å². The Morgan fingerprint density at radius 1 is 1.52 bits per heavy atom. The number of amides is 2. The van der Waals surface area contributed by atoms with Crippen LogP contribution in [0.1, 0.15) is 18.0 Å². The molecule has 3 rings (SSSR count). The lowest BCUT2D eigenvalue weighted by Gasteiger charge is -2.22. The van der Waals surface area contributed by atoms with Crippen LogP contribution in [0.3, 0.4) is 0 Å². The van der Waals surface area contributed by atoms with Crippen molar-refractivity contribution in [1.29, 1.82) is 0 Å². The fourth-order valence-electron chi connectivity index (χ4n) is 2.11. The van der Waals surface area contributed by atoms with E-state index in [1.807, 2.05) is 13.0 Å². The van der Waals surface area contributed by atoms with E-state index in [1.54, 1.807) is 12.1 Å². The molecule has 2 aromatic rings. The maximum absolute atomic E-state index is 12.3. The lowest BCUT2D eigenvalue weighted by atomic mass is 10.1. The molecule has 108 valence electrons. The van der Waals surface area contributed by atoms with Crippen LogP contribution in [0.25, 0.3) is 0 Å². The smallest absolute Gasteiger partial charge is 0.249 e. The standard InChI is InChI=1S/C13H12ClN5O2/c1-7-2-3-8(4-9(7)14)17-12(21)10-5-11(20)18-13-15-6-16-19(10)13/h2-4,6,10H,5H2,1H3,(H,17,21)(H,15,16,18,20)/t10-/m0/s1. The van der Waals surface area contributed by atoms with Gasteiger partial charge in [-0.25, -0.2) is 4.68 Å². The van der Waals surface area contributed by atoms with E-state index in [4.69, 9.17) is 11.6 Å². The van der Waals surface area contributed by atoms with Crippen LogP contribution < -0.4 is 10.6 Å². The topological polar surface area (TPSA) is 88.9 Å². The summed E-state index contributed by atoms with van der Waals surface area (Å²) in [6.07, 6.45) is 1.31. The Labute approximate surface area is 125 Å². The van der Waals surface area contributed by atoms with Crippen LogP contribution in [0.5, 0.6) is 0 Å². The highest BCUT2D eigenvalue weighted by atomic mass is 35.5. The molecule has 0 radical (unpaired) electrons. The third-order valence-corrected chi connectivity index (χ3v) is 3.65. The quantitative estimate of drug-likeness (QED) is 0.885. The summed E-state index contributed by atoms with van der Waals surface area (Å²) in [4.78, 5) is 27.8. The Morgan fingerprint density at radius 2 is 2.33 bits per heavy atom. The first kappa shape index (κ1) is 13.6. The number of anilines is 2. The molecule has 21 heavy (non-hydrogen) atoms. The van der Waals surface area contributed by atoms with Crippen molar-refractivity contribution < 1.29 is 9.59 Å². The van der Waals surface area contributed by atoms with Crippen molar-refractivity contribution in [3.05, 3.63) is 35.1 Å². The molecule has 0 saturated heterocycles. The van der Waals surface area contributed by atoms with E-state index in [-0.39, 0.29) is 24.2 Å². The van der Waals surface area contributed by atoms with Crippen molar-refractivity contribution in [2.75, 3.05) is 10.6 Å². The maximum Gasteiger partial charge on any atom is 0.249 e. The minimum atomic E-state index is -0.726. The fraction of sp³-hybridized carbons (Fsp3) is 0.231. The zero-order valence-corrected chi connectivity index (χ0v) is 11.9. The van der Waals surface area contributed by atoms with Gasteiger partial charge >= 0.3 is 0 Å². The van der Waals surface area contributed by atoms with Crippen LogP contribution in [-0.2, 0) is 9.59 Å². The lowest BCUT2D eigenvalue weighted by molar-refractivity contribution is -0.125. The maximum atomic E-state index is 12.3. The van der Waals surface area contributed by atoms with E-state index in [2.05, 4.69) is 20.7 Å². The largest absolute Gasteiger partial charge is 0.324 e. The molecule has 2 N–H and O–H groups in total. The number of hydrogen-bond donors (Lipinski definition) is 2. The molecule has 0 fully saturated rings. The van der Waals surface area contributed by atoms with Gasteiger partial charge in [-0.1, -0.05) is 17.7 Å². The molecule has 0 spiro atoms. The summed E-state index contributed by atoms with van der Waals surface area (Å²) in [7, 11) is 0. The Kier molecular flexibility index (Phi) is 3.34. The van der Waals surface area contributed by atoms with E-state index in [9.17, 15) is 9.59 Å². The number of halogens is 1. The molecule has 1 aromatic carbocycles. The molecule has 2 heterocycles. The number of carbonyl (C=O) groups is 2. The second-order valence-electron chi connectivity index (χ2n) is 4.75. The third kappa shape index (κ3) is 2.59. The summed E-state index contributed by atoms with van der Waals surface area (Å²) in [5.74, 6) is -0.331. The number of carbonyl (C=O) groups excluding carboxylic acids is 2.